The fourth-order valence-corrected chi connectivity index (χ4v) is 14.3. The molecule has 3 N–H and O–H groups in total. The molecule has 0 aromatic heterocycles. The maximum atomic E-state index is 12.7. The number of ether oxygens (including phenoxy) is 9. The zero-order valence-corrected chi connectivity index (χ0v) is 35.3. The summed E-state index contributed by atoms with van der Waals surface area (Å²) in [6, 6.07) is 0. The molecule has 0 spiro atoms. The first-order chi connectivity index (χ1) is 26.2. The minimum absolute atomic E-state index is 0.0560. The minimum Gasteiger partial charge on any atom is -0.465 e. The van der Waals surface area contributed by atoms with Crippen LogP contribution in [0, 0.1) is 0 Å². The third kappa shape index (κ3) is 23.0. The van der Waals surface area contributed by atoms with E-state index in [4.69, 9.17) is 69.7 Å². The van der Waals surface area contributed by atoms with Crippen LogP contribution in [0.25, 0.3) is 0 Å². The van der Waals surface area contributed by atoms with Crippen molar-refractivity contribution in [2.24, 2.45) is 13.5 Å². The van der Waals surface area contributed by atoms with E-state index in [1.165, 1.54) is 0 Å². The van der Waals surface area contributed by atoms with Crippen LogP contribution in [0.2, 0.25) is 0 Å². The molecule has 1 aliphatic heterocycles. The van der Waals surface area contributed by atoms with Gasteiger partial charge >= 0.3 is 17.9 Å². The monoisotopic (exact) mass is 840 g/mol. The second-order valence-corrected chi connectivity index (χ2v) is 17.4. The summed E-state index contributed by atoms with van der Waals surface area (Å²) >= 11 is 0. The van der Waals surface area contributed by atoms with Gasteiger partial charge in [-0.05, 0) is 41.5 Å². The molecule has 0 bridgehead atoms. The van der Waals surface area contributed by atoms with E-state index in [0.29, 0.717) is 59.5 Å². The lowest BCUT2D eigenvalue weighted by Crippen LogP contribution is -2.29. The van der Waals surface area contributed by atoms with Gasteiger partial charge in [0.2, 0.25) is 0 Å². The molecule has 0 amide bonds. The van der Waals surface area contributed by atoms with Crippen molar-refractivity contribution in [3.05, 3.63) is 0 Å². The number of esters is 3. The molecule has 0 radical (unpaired) electrons. The van der Waals surface area contributed by atoms with E-state index >= 15 is 0 Å². The van der Waals surface area contributed by atoms with Gasteiger partial charge in [-0.1, -0.05) is 0 Å². The third-order valence-corrected chi connectivity index (χ3v) is 15.3. The van der Waals surface area contributed by atoms with Crippen molar-refractivity contribution in [2.45, 2.75) is 41.5 Å². The molecule has 54 heavy (non-hydrogen) atoms. The van der Waals surface area contributed by atoms with Crippen LogP contribution in [0.3, 0.4) is 0 Å². The van der Waals surface area contributed by atoms with Crippen molar-refractivity contribution in [3.8, 4) is 0 Å². The Morgan fingerprint density at radius 1 is 0.370 bits per heavy atom. The first-order valence-corrected chi connectivity index (χ1v) is 23.0. The normalized spacial score (nSPS) is 20.8. The molecule has 1 aliphatic rings. The van der Waals surface area contributed by atoms with Gasteiger partial charge in [-0.25, -0.2) is 15.3 Å². The number of nitrogens with zero attached hydrogens (tertiary/aromatic N) is 3. The zero-order chi connectivity index (χ0) is 39.8. The summed E-state index contributed by atoms with van der Waals surface area (Å²) < 4.78 is 82.6. The lowest BCUT2D eigenvalue weighted by Gasteiger charge is -2.35. The van der Waals surface area contributed by atoms with E-state index in [2.05, 4.69) is 15.3 Å². The van der Waals surface area contributed by atoms with Crippen molar-refractivity contribution in [3.63, 3.8) is 0 Å². The van der Waals surface area contributed by atoms with Crippen LogP contribution in [-0.2, 0) is 70.6 Å². The van der Waals surface area contributed by atoms with Gasteiger partial charge in [0.05, 0.1) is 99.1 Å². The highest BCUT2D eigenvalue weighted by molar-refractivity contribution is 7.81. The summed E-state index contributed by atoms with van der Waals surface area (Å²) in [5, 5.41) is 9.13. The van der Waals surface area contributed by atoms with Crippen LogP contribution < -0.4 is 15.3 Å². The second-order valence-electron chi connectivity index (χ2n) is 10.2. The Morgan fingerprint density at radius 2 is 0.611 bits per heavy atom. The molecule has 0 saturated carbocycles. The van der Waals surface area contributed by atoms with Crippen molar-refractivity contribution in [1.29, 1.82) is 0 Å². The predicted molar refractivity (Wildman–Crippen MR) is 202 cm³/mol. The van der Waals surface area contributed by atoms with Crippen molar-refractivity contribution in [2.75, 3.05) is 139 Å². The van der Waals surface area contributed by atoms with E-state index in [9.17, 15) is 14.4 Å². The molecule has 0 fully saturated rings. The molecule has 1 heterocycles. The second kappa shape index (κ2) is 31.7. The molecule has 21 nitrogen and oxygen atoms in total. The van der Waals surface area contributed by atoms with Crippen LogP contribution in [0.5, 0.6) is 0 Å². The number of hydrogen-bond donors (Lipinski definition) is 3. The van der Waals surface area contributed by atoms with E-state index in [-0.39, 0.29) is 79.1 Å². The number of hydrogen-bond acceptors (Lipinski definition) is 21. The molecule has 24 heteroatoms. The molecule has 318 valence electrons. The maximum absolute atomic E-state index is 12.7. The van der Waals surface area contributed by atoms with Gasteiger partial charge in [0.25, 0.3) is 22.7 Å². The van der Waals surface area contributed by atoms with Crippen LogP contribution >= 0.6 is 22.7 Å². The van der Waals surface area contributed by atoms with Gasteiger partial charge in [0, 0.05) is 19.8 Å². The molecule has 0 aliphatic carbocycles. The number of nitrogens with one attached hydrogen (secondary N) is 3. The number of rotatable bonds is 36. The standard InChI is InChI=1S/C30H63N6O15P3/c1-7-40-13-16-43-19-22-49-52(31-25-28(37)46-10-4)34-53(32-26-29(38)47-11-5,50-23-20-44-17-14-41-8-2)36-54(35-52,33-27-30(39)48-12-6)51-24-21-45-18-15-42-9-3/h31-33H,7-27H2,1-6H3. The quantitative estimate of drug-likeness (QED) is 0.0354. The van der Waals surface area contributed by atoms with Crippen molar-refractivity contribution >= 4 is 40.7 Å². The summed E-state index contributed by atoms with van der Waals surface area (Å²) in [6.45, 7) is 13.7. The molecular formula is C30H63N6O15P3. The Balaban J connectivity index is 3.84. The fraction of sp³-hybridized carbons (Fsp3) is 0.900. The Kier molecular flexibility index (Phi) is 29.7. The van der Waals surface area contributed by atoms with E-state index in [1.807, 2.05) is 20.8 Å². The first-order valence-electron chi connectivity index (χ1n) is 18.2. The average molecular weight is 841 g/mol. The minimum atomic E-state index is -3.77. The summed E-state index contributed by atoms with van der Waals surface area (Å²) in [5.74, 6) is -1.83. The van der Waals surface area contributed by atoms with Crippen molar-refractivity contribution < 1.29 is 70.6 Å². The Labute approximate surface area is 319 Å². The lowest BCUT2D eigenvalue weighted by atomic mass is 10.7. The van der Waals surface area contributed by atoms with Gasteiger partial charge in [-0.15, -0.1) is 0 Å². The van der Waals surface area contributed by atoms with Gasteiger partial charge < -0.3 is 56.2 Å². The lowest BCUT2D eigenvalue weighted by molar-refractivity contribution is -0.142. The topological polar surface area (TPSA) is 235 Å². The van der Waals surface area contributed by atoms with Crippen LogP contribution in [-0.4, -0.2) is 156 Å². The summed E-state index contributed by atoms with van der Waals surface area (Å²) in [5.41, 5.74) is 0. The molecular weight excluding hydrogens is 777 g/mol. The van der Waals surface area contributed by atoms with Crippen molar-refractivity contribution in [1.82, 2.24) is 15.3 Å². The number of carbonyl (C=O) groups is 3. The van der Waals surface area contributed by atoms with Crippen LogP contribution in [0.15, 0.2) is 13.5 Å². The Hall–Kier alpha value is -1.38. The third-order valence-electron chi connectivity index (χ3n) is 6.16. The molecule has 1 rings (SSSR count). The van der Waals surface area contributed by atoms with E-state index in [0.717, 1.165) is 0 Å². The smallest absolute Gasteiger partial charge is 0.320 e. The highest BCUT2D eigenvalue weighted by atomic mass is 31.3. The molecule has 0 unspecified atom stereocenters. The molecule has 0 atom stereocenters. The number of carbonyl (C=O) groups excluding carboxylic acids is 3. The van der Waals surface area contributed by atoms with Crippen LogP contribution in [0.4, 0.5) is 0 Å². The van der Waals surface area contributed by atoms with Crippen LogP contribution in [0.1, 0.15) is 41.5 Å². The summed E-state index contributed by atoms with van der Waals surface area (Å²) in [6.07, 6.45) is 0. The average Bonchev–Trinajstić information content (AvgIpc) is 3.15. The Bertz CT molecular complexity index is 1060. The highest BCUT2D eigenvalue weighted by Crippen LogP contribution is 2.75. The summed E-state index contributed by atoms with van der Waals surface area (Å²) in [7, 11) is -11.3. The summed E-state index contributed by atoms with van der Waals surface area (Å²) in [4.78, 5) is 38.2. The molecule has 0 saturated heterocycles. The van der Waals surface area contributed by atoms with Gasteiger partial charge in [-0.3, -0.25) is 14.4 Å². The van der Waals surface area contributed by atoms with Gasteiger partial charge in [-0.2, -0.15) is 13.5 Å². The fourth-order valence-electron chi connectivity index (χ4n) is 3.93. The van der Waals surface area contributed by atoms with E-state index in [1.54, 1.807) is 20.8 Å². The predicted octanol–water partition coefficient (Wildman–Crippen LogP) is 3.51. The molecule has 0 aromatic rings. The first kappa shape index (κ1) is 50.6. The Morgan fingerprint density at radius 3 is 0.852 bits per heavy atom. The highest BCUT2D eigenvalue weighted by Gasteiger charge is 2.41. The van der Waals surface area contributed by atoms with Gasteiger partial charge in [0.15, 0.2) is 0 Å². The zero-order valence-electron chi connectivity index (χ0n) is 32.7. The maximum Gasteiger partial charge on any atom is 0.320 e. The van der Waals surface area contributed by atoms with Gasteiger partial charge in [0.1, 0.15) is 19.6 Å². The molecule has 0 aromatic carbocycles. The van der Waals surface area contributed by atoms with E-state index < -0.39 is 40.7 Å². The SMILES string of the molecule is CCOCCOCCOP1(NCC(=O)OCC)=NP(NCC(=O)OCC)(OCCOCCOCC)=NP(NCC(=O)OCC)(OCCOCCOCC)=N1. The largest absolute Gasteiger partial charge is 0.465 e.